The highest BCUT2D eigenvalue weighted by Crippen LogP contribution is 2.05. The fourth-order valence-electron chi connectivity index (χ4n) is 1.46. The number of nitrogens with one attached hydrogen (secondary N) is 1. The Morgan fingerprint density at radius 1 is 1.40 bits per heavy atom. The lowest BCUT2D eigenvalue weighted by Gasteiger charge is -2.28. The van der Waals surface area contributed by atoms with Crippen molar-refractivity contribution in [3.05, 3.63) is 29.8 Å². The van der Waals surface area contributed by atoms with Crippen molar-refractivity contribution in [2.75, 3.05) is 26.3 Å². The van der Waals surface area contributed by atoms with Crippen LogP contribution in [0.4, 0.5) is 4.39 Å². The Morgan fingerprint density at radius 3 is 2.73 bits per heavy atom. The summed E-state index contributed by atoms with van der Waals surface area (Å²) in [6.07, 6.45) is 1.13. The summed E-state index contributed by atoms with van der Waals surface area (Å²) in [5, 5.41) is 7.88. The quantitative estimate of drug-likeness (QED) is 0.551. The number of hydrogen-bond acceptors (Lipinski definition) is 3. The zero-order valence-electron chi connectivity index (χ0n) is 8.24. The highest BCUT2D eigenvalue weighted by molar-refractivity contribution is 5.94. The van der Waals surface area contributed by atoms with E-state index in [1.807, 2.05) is 4.90 Å². The molecule has 4 nitrogen and oxygen atoms in total. The largest absolute Gasteiger partial charge is 0.378 e. The summed E-state index contributed by atoms with van der Waals surface area (Å²) in [5.41, 5.74) is 0.498. The highest BCUT2D eigenvalue weighted by atomic mass is 19.1. The van der Waals surface area contributed by atoms with Gasteiger partial charge in [0.2, 0.25) is 0 Å². The number of nitrogens with zero attached hydrogens (tertiary/aromatic N) is 2. The second-order valence-electron chi connectivity index (χ2n) is 3.31. The lowest BCUT2D eigenvalue weighted by atomic mass is 10.3. The minimum absolute atomic E-state index is 0.332. The summed E-state index contributed by atoms with van der Waals surface area (Å²) >= 11 is 0. The Hall–Kier alpha value is -1.49. The molecule has 5 heteroatoms. The van der Waals surface area contributed by atoms with Crippen LogP contribution in [0, 0.1) is 11.2 Å². The van der Waals surface area contributed by atoms with Crippen LogP contribution in [0.1, 0.15) is 5.69 Å². The van der Waals surface area contributed by atoms with Gasteiger partial charge in [0.15, 0.2) is 0 Å². The molecule has 1 saturated heterocycles. The number of ether oxygens (including phenoxy) is 1. The van der Waals surface area contributed by atoms with Gasteiger partial charge < -0.3 is 9.64 Å². The lowest BCUT2D eigenvalue weighted by Crippen LogP contribution is -2.41. The number of amidine groups is 1. The smallest absolute Gasteiger partial charge is 0.147 e. The summed E-state index contributed by atoms with van der Waals surface area (Å²) in [7, 11) is 0. The van der Waals surface area contributed by atoms with Gasteiger partial charge >= 0.3 is 0 Å². The first kappa shape index (κ1) is 10.0. The summed E-state index contributed by atoms with van der Waals surface area (Å²) < 4.78 is 17.8. The van der Waals surface area contributed by atoms with Gasteiger partial charge in [-0.1, -0.05) is 0 Å². The van der Waals surface area contributed by atoms with Gasteiger partial charge in [-0.2, -0.15) is 0 Å². The molecule has 0 unspecified atom stereocenters. The van der Waals surface area contributed by atoms with E-state index >= 15 is 0 Å². The molecule has 1 fully saturated rings. The molecule has 0 atom stereocenters. The van der Waals surface area contributed by atoms with Crippen molar-refractivity contribution in [2.45, 2.75) is 0 Å². The maximum absolute atomic E-state index is 12.6. The topological polar surface area (TPSA) is 49.2 Å². The predicted molar refractivity (Wildman–Crippen MR) is 53.4 cm³/mol. The van der Waals surface area contributed by atoms with Gasteiger partial charge in [0.25, 0.3) is 0 Å². The van der Waals surface area contributed by atoms with Crippen molar-refractivity contribution in [3.63, 3.8) is 0 Å². The molecule has 1 aromatic heterocycles. The molecule has 2 heterocycles. The molecule has 2 rings (SSSR count). The van der Waals surface area contributed by atoms with E-state index in [-0.39, 0.29) is 5.82 Å². The molecular formula is C10H12FN3O. The van der Waals surface area contributed by atoms with Crippen molar-refractivity contribution in [1.29, 1.82) is 5.41 Å². The molecule has 0 bridgehead atoms. The molecule has 0 spiro atoms. The third-order valence-corrected chi connectivity index (χ3v) is 2.30. The fourth-order valence-corrected chi connectivity index (χ4v) is 1.46. The van der Waals surface area contributed by atoms with Crippen molar-refractivity contribution < 1.29 is 9.13 Å². The van der Waals surface area contributed by atoms with Crippen LogP contribution in [0.15, 0.2) is 18.3 Å². The summed E-state index contributed by atoms with van der Waals surface area (Å²) in [5.74, 6) is -0.0492. The summed E-state index contributed by atoms with van der Waals surface area (Å²) in [6.45, 7) is 2.64. The van der Waals surface area contributed by atoms with E-state index in [1.165, 1.54) is 12.1 Å². The maximum Gasteiger partial charge on any atom is 0.147 e. The Balaban J connectivity index is 2.09. The third-order valence-electron chi connectivity index (χ3n) is 2.30. The van der Waals surface area contributed by atoms with Crippen LogP contribution in [-0.2, 0) is 4.74 Å². The maximum atomic E-state index is 12.6. The van der Waals surface area contributed by atoms with Gasteiger partial charge in [-0.15, -0.1) is 0 Å². The van der Waals surface area contributed by atoms with E-state index in [1.54, 1.807) is 0 Å². The number of rotatable bonds is 1. The number of pyridine rings is 1. The number of aromatic nitrogens is 1. The zero-order chi connectivity index (χ0) is 10.7. The molecule has 0 aromatic carbocycles. The van der Waals surface area contributed by atoms with Crippen molar-refractivity contribution in [1.82, 2.24) is 9.88 Å². The Morgan fingerprint density at radius 2 is 2.13 bits per heavy atom. The average Bonchev–Trinajstić information content (AvgIpc) is 2.30. The van der Waals surface area contributed by atoms with Gasteiger partial charge in [0, 0.05) is 13.1 Å². The van der Waals surface area contributed by atoms with Gasteiger partial charge in [-0.3, -0.25) is 5.41 Å². The second kappa shape index (κ2) is 4.35. The molecule has 1 aliphatic rings. The van der Waals surface area contributed by atoms with Crippen LogP contribution in [0.2, 0.25) is 0 Å². The number of hydrogen-bond donors (Lipinski definition) is 1. The highest BCUT2D eigenvalue weighted by Gasteiger charge is 2.15. The van der Waals surface area contributed by atoms with E-state index in [0.717, 1.165) is 6.20 Å². The first-order chi connectivity index (χ1) is 7.27. The third kappa shape index (κ3) is 2.30. The zero-order valence-corrected chi connectivity index (χ0v) is 8.24. The van der Waals surface area contributed by atoms with E-state index in [0.29, 0.717) is 37.8 Å². The van der Waals surface area contributed by atoms with Gasteiger partial charge in [-0.25, -0.2) is 9.37 Å². The Bertz CT molecular complexity index is 346. The van der Waals surface area contributed by atoms with Gasteiger partial charge in [0.1, 0.15) is 17.3 Å². The molecule has 0 saturated carbocycles. The average molecular weight is 209 g/mol. The molecule has 0 amide bonds. The van der Waals surface area contributed by atoms with Gasteiger partial charge in [-0.05, 0) is 12.1 Å². The van der Waals surface area contributed by atoms with E-state index in [4.69, 9.17) is 10.1 Å². The monoisotopic (exact) mass is 209 g/mol. The molecule has 0 radical (unpaired) electrons. The Kier molecular flexibility index (Phi) is 2.91. The minimum Gasteiger partial charge on any atom is -0.378 e. The number of halogens is 1. The minimum atomic E-state index is -0.381. The molecule has 80 valence electrons. The predicted octanol–water partition coefficient (Wildman–Crippen LogP) is 0.878. The van der Waals surface area contributed by atoms with Gasteiger partial charge in [0.05, 0.1) is 19.4 Å². The normalized spacial score (nSPS) is 16.5. The van der Waals surface area contributed by atoms with Crippen molar-refractivity contribution in [2.24, 2.45) is 0 Å². The molecule has 15 heavy (non-hydrogen) atoms. The molecule has 1 aliphatic heterocycles. The SMILES string of the molecule is N=C(c1ccc(F)cn1)N1CCOCC1. The second-order valence-corrected chi connectivity index (χ2v) is 3.31. The van der Waals surface area contributed by atoms with Crippen LogP contribution in [0.25, 0.3) is 0 Å². The molecule has 1 aromatic rings. The first-order valence-electron chi connectivity index (χ1n) is 4.80. The molecular weight excluding hydrogens is 197 g/mol. The van der Waals surface area contributed by atoms with Crippen LogP contribution >= 0.6 is 0 Å². The van der Waals surface area contributed by atoms with Crippen LogP contribution in [0.5, 0.6) is 0 Å². The van der Waals surface area contributed by atoms with Crippen LogP contribution in [0.3, 0.4) is 0 Å². The van der Waals surface area contributed by atoms with Crippen molar-refractivity contribution >= 4 is 5.84 Å². The van der Waals surface area contributed by atoms with E-state index in [2.05, 4.69) is 4.98 Å². The molecule has 1 N–H and O–H groups in total. The summed E-state index contributed by atoms with van der Waals surface area (Å²) in [4.78, 5) is 5.75. The van der Waals surface area contributed by atoms with Crippen LogP contribution < -0.4 is 0 Å². The fraction of sp³-hybridized carbons (Fsp3) is 0.400. The molecule has 0 aliphatic carbocycles. The van der Waals surface area contributed by atoms with E-state index in [9.17, 15) is 4.39 Å². The number of morpholine rings is 1. The van der Waals surface area contributed by atoms with E-state index < -0.39 is 0 Å². The first-order valence-corrected chi connectivity index (χ1v) is 4.80. The summed E-state index contributed by atoms with van der Waals surface area (Å²) in [6, 6.07) is 2.84. The van der Waals surface area contributed by atoms with Crippen LogP contribution in [-0.4, -0.2) is 42.0 Å². The van der Waals surface area contributed by atoms with Crippen molar-refractivity contribution in [3.8, 4) is 0 Å². The Labute approximate surface area is 87.2 Å². The standard InChI is InChI=1S/C10H12FN3O/c11-8-1-2-9(13-7-8)10(12)14-3-5-15-6-4-14/h1-2,7,12H,3-6H2. The lowest BCUT2D eigenvalue weighted by molar-refractivity contribution is 0.0679.